The van der Waals surface area contributed by atoms with Crippen molar-refractivity contribution in [2.45, 2.75) is 0 Å². The third-order valence-corrected chi connectivity index (χ3v) is 6.45. The Morgan fingerprint density at radius 2 is 2.00 bits per heavy atom. The molecule has 1 rings (SSSR count). The van der Waals surface area contributed by atoms with Crippen LogP contribution >= 0.6 is 26.9 Å². The Morgan fingerprint density at radius 3 is 2.12 bits per heavy atom. The summed E-state index contributed by atoms with van der Waals surface area (Å²) in [5.74, 6) is 0. The molecule has 1 saturated heterocycles. The van der Waals surface area contributed by atoms with Crippen LogP contribution in [0.4, 0.5) is 0 Å². The zero-order valence-corrected chi connectivity index (χ0v) is 8.24. The van der Waals surface area contributed by atoms with Crippen LogP contribution in [0.2, 0.25) is 0 Å². The van der Waals surface area contributed by atoms with E-state index in [-0.39, 0.29) is 6.61 Å². The Balaban J connectivity index is 2.67. The zero-order valence-electron chi connectivity index (χ0n) is 3.64. The van der Waals surface area contributed by atoms with Gasteiger partial charge in [0.2, 0.25) is 0 Å². The molecule has 6 heteroatoms. The van der Waals surface area contributed by atoms with Crippen LogP contribution in [0.15, 0.2) is 0 Å². The monoisotopic (exact) mass is 294 g/mol. The molecule has 0 amide bonds. The van der Waals surface area contributed by atoms with Crippen LogP contribution < -0.4 is 0 Å². The van der Waals surface area contributed by atoms with Crippen molar-refractivity contribution < 1.29 is 6.20 Å². The second-order valence-electron chi connectivity index (χ2n) is 1.17. The van der Waals surface area contributed by atoms with Gasteiger partial charge in [-0.25, -0.2) is 0 Å². The van der Waals surface area contributed by atoms with E-state index >= 15 is 0 Å². The summed E-state index contributed by atoms with van der Waals surface area (Å²) in [5, 5.41) is 0. The fraction of sp³-hybridized carbons (Fsp3) is 0.500. The van der Waals surface area contributed by atoms with Gasteiger partial charge in [-0.1, -0.05) is 0 Å². The summed E-state index contributed by atoms with van der Waals surface area (Å²) in [4.78, 5) is 0. The first-order chi connectivity index (χ1) is 3.47. The molecule has 1 fully saturated rings. The maximum atomic E-state index is 5.47. The van der Waals surface area contributed by atoms with E-state index in [2.05, 4.69) is 3.10 Å². The number of hydrogen-bond donors (Lipinski definition) is 0. The Hall–Kier alpha value is 1.58. The van der Waals surface area contributed by atoms with E-state index in [4.69, 9.17) is 30.0 Å². The van der Waals surface area contributed by atoms with Crippen molar-refractivity contribution in [2.24, 2.45) is 0 Å². The number of hydrogen-bond acceptors (Lipinski definition) is 2. The summed E-state index contributed by atoms with van der Waals surface area (Å²) < 4.78 is 9.41. The summed E-state index contributed by atoms with van der Waals surface area (Å²) in [6, 6.07) is 0. The van der Waals surface area contributed by atoms with Crippen molar-refractivity contribution in [1.82, 2.24) is 0 Å². The average Bonchev–Trinajstić information content (AvgIpc) is 1.81. The van der Waals surface area contributed by atoms with Crippen molar-refractivity contribution in [2.75, 3.05) is 6.61 Å². The number of halogens is 3. The fourth-order valence-electron chi connectivity index (χ4n) is 0.293. The molecule has 1 radical (unpaired) electrons. The first-order valence-corrected chi connectivity index (χ1v) is 12.5. The van der Waals surface area contributed by atoms with Crippen LogP contribution in [0.25, 0.3) is 0 Å². The Kier molecular flexibility index (Phi) is 1.95. The quantitative estimate of drug-likeness (QED) is 0.501. The second kappa shape index (κ2) is 2.03. The van der Waals surface area contributed by atoms with Gasteiger partial charge < -0.3 is 0 Å². The molecule has 0 N–H and O–H groups in total. The topological polar surface area (TPSA) is 18.5 Å². The van der Waals surface area contributed by atoms with Crippen molar-refractivity contribution >= 4 is 41.2 Å². The predicted molar refractivity (Wildman–Crippen MR) is 34.7 cm³/mol. The molecule has 51 valence electrons. The predicted octanol–water partition coefficient (Wildman–Crippen LogP) is 1.80. The van der Waals surface area contributed by atoms with Gasteiger partial charge in [-0.15, -0.1) is 0 Å². The summed E-state index contributed by atoms with van der Waals surface area (Å²) in [6.07, 6.45) is 0. The van der Waals surface area contributed by atoms with Crippen molar-refractivity contribution in [1.29, 1.82) is 0 Å². The maximum absolute atomic E-state index is 5.47. The standard InChI is InChI=1S/C2H3Cl3O2Te/c3-8(4,5)6-1-2-7-8/h1H,2H2/q-1. The summed E-state index contributed by atoms with van der Waals surface area (Å²) >= 11 is -4.25. The van der Waals surface area contributed by atoms with Crippen LogP contribution in [-0.2, 0) is 6.20 Å². The minimum absolute atomic E-state index is 0.286. The first-order valence-electron chi connectivity index (χ1n) is 1.73. The van der Waals surface area contributed by atoms with Gasteiger partial charge >= 0.3 is 60.6 Å². The van der Waals surface area contributed by atoms with Crippen molar-refractivity contribution in [3.8, 4) is 0 Å². The minimum atomic E-state index is -4.25. The molecule has 0 saturated carbocycles. The molecule has 0 aliphatic carbocycles. The second-order valence-corrected chi connectivity index (χ2v) is 20.4. The third-order valence-electron chi connectivity index (χ3n) is 0.534. The SMILES string of the molecule is Cl[Te]1(Cl)(Cl)O[CH-]CO1. The summed E-state index contributed by atoms with van der Waals surface area (Å²) in [6.45, 7) is 1.65. The molecule has 0 unspecified atom stereocenters. The summed E-state index contributed by atoms with van der Waals surface area (Å²) in [5.41, 5.74) is 0. The van der Waals surface area contributed by atoms with E-state index in [0.717, 1.165) is 0 Å². The van der Waals surface area contributed by atoms with Crippen LogP contribution in [0.5, 0.6) is 0 Å². The molecule has 8 heavy (non-hydrogen) atoms. The zero-order chi connectivity index (χ0) is 6.28. The Morgan fingerprint density at radius 1 is 1.38 bits per heavy atom. The summed E-state index contributed by atoms with van der Waals surface area (Å²) in [7, 11) is 16.4. The molecule has 1 aliphatic rings. The van der Waals surface area contributed by atoms with Crippen LogP contribution in [0, 0.1) is 6.61 Å². The van der Waals surface area contributed by atoms with Gasteiger partial charge in [0.25, 0.3) is 0 Å². The third kappa shape index (κ3) is 2.07. The van der Waals surface area contributed by atoms with E-state index in [0.29, 0.717) is 0 Å². The van der Waals surface area contributed by atoms with Gasteiger partial charge in [-0.2, -0.15) is 0 Å². The van der Waals surface area contributed by atoms with Crippen LogP contribution in [0.3, 0.4) is 0 Å². The molecular formula is C2H3Cl3O2Te-. The van der Waals surface area contributed by atoms with E-state index in [9.17, 15) is 0 Å². The van der Waals surface area contributed by atoms with Gasteiger partial charge in [0.05, 0.1) is 0 Å². The van der Waals surface area contributed by atoms with E-state index < -0.39 is 14.3 Å². The molecule has 0 aromatic heterocycles. The van der Waals surface area contributed by atoms with Crippen LogP contribution in [0.1, 0.15) is 0 Å². The van der Waals surface area contributed by atoms with Crippen molar-refractivity contribution in [3.63, 3.8) is 0 Å². The van der Waals surface area contributed by atoms with Gasteiger partial charge in [0.15, 0.2) is 0 Å². The van der Waals surface area contributed by atoms with Gasteiger partial charge in [-0.3, -0.25) is 0 Å². The van der Waals surface area contributed by atoms with Crippen LogP contribution in [-0.4, -0.2) is 20.9 Å². The van der Waals surface area contributed by atoms with Gasteiger partial charge in [0.1, 0.15) is 0 Å². The van der Waals surface area contributed by atoms with E-state index in [1.165, 1.54) is 6.61 Å². The molecule has 0 bridgehead atoms. The number of rotatable bonds is 0. The molecule has 0 spiro atoms. The van der Waals surface area contributed by atoms with E-state index in [1.54, 1.807) is 0 Å². The molecule has 2 nitrogen and oxygen atoms in total. The molecule has 0 aromatic rings. The van der Waals surface area contributed by atoms with Gasteiger partial charge in [0, 0.05) is 0 Å². The first kappa shape index (κ1) is 7.68. The Labute approximate surface area is 60.3 Å². The van der Waals surface area contributed by atoms with E-state index in [1.807, 2.05) is 0 Å². The van der Waals surface area contributed by atoms with Gasteiger partial charge in [-0.05, 0) is 0 Å². The van der Waals surface area contributed by atoms with Crippen molar-refractivity contribution in [3.05, 3.63) is 6.61 Å². The average molecular weight is 293 g/mol. The molecular weight excluding hydrogens is 290 g/mol. The Bertz CT molecular complexity index is 97.6. The fourth-order valence-corrected chi connectivity index (χ4v) is 4.04. The molecule has 1 heterocycles. The molecule has 0 atom stereocenters. The normalized spacial score (nSPS) is 38.1. The molecule has 1 aliphatic heterocycles. The molecule has 0 aromatic carbocycles.